The van der Waals surface area contributed by atoms with Gasteiger partial charge < -0.3 is 10.2 Å². The fraction of sp³-hybridized carbons (Fsp3) is 0.412. The molecule has 24 heavy (non-hydrogen) atoms. The van der Waals surface area contributed by atoms with E-state index < -0.39 is 0 Å². The van der Waals surface area contributed by atoms with Crippen LogP contribution in [0.4, 0.5) is 0 Å². The Hall–Kier alpha value is -1.37. The molecular formula is C17H22BrClN4O. The van der Waals surface area contributed by atoms with Gasteiger partial charge in [0, 0.05) is 29.8 Å². The number of hydrogen-bond acceptors (Lipinski definition) is 3. The van der Waals surface area contributed by atoms with E-state index in [-0.39, 0.29) is 24.4 Å². The number of benzene rings is 1. The van der Waals surface area contributed by atoms with Crippen molar-refractivity contribution >= 4 is 34.2 Å². The molecule has 1 amide bonds. The number of halogens is 2. The minimum Gasteiger partial charge on any atom is -0.333 e. The Bertz CT molecular complexity index is 685. The van der Waals surface area contributed by atoms with Gasteiger partial charge in [0.15, 0.2) is 5.69 Å². The second-order valence-corrected chi connectivity index (χ2v) is 6.69. The van der Waals surface area contributed by atoms with Crippen LogP contribution >= 0.6 is 28.3 Å². The third-order valence-electron chi connectivity index (χ3n) is 4.08. The van der Waals surface area contributed by atoms with Crippen LogP contribution in [-0.2, 0) is 0 Å². The van der Waals surface area contributed by atoms with E-state index >= 15 is 0 Å². The van der Waals surface area contributed by atoms with Crippen molar-refractivity contribution in [2.24, 2.45) is 0 Å². The van der Waals surface area contributed by atoms with Crippen molar-refractivity contribution in [2.45, 2.75) is 25.8 Å². The van der Waals surface area contributed by atoms with Gasteiger partial charge in [-0.1, -0.05) is 28.9 Å². The summed E-state index contributed by atoms with van der Waals surface area (Å²) in [6, 6.07) is 9.95. The smallest absolute Gasteiger partial charge is 0.274 e. The second-order valence-electron chi connectivity index (χ2n) is 5.77. The standard InChI is InChI=1S/C17H21BrN4O.ClH/c1-2-9-21(15-6-8-19-12-15)17(23)16-7-10-22(20-16)14-5-3-4-13(18)11-14;/h3-5,7,10-11,15,19H,2,6,8-9,12H2,1H3;1H. The molecule has 0 saturated carbocycles. The molecule has 1 aliphatic heterocycles. The first-order valence-electron chi connectivity index (χ1n) is 8.02. The van der Waals surface area contributed by atoms with Crippen LogP contribution < -0.4 is 5.32 Å². The Balaban J connectivity index is 0.00000208. The normalized spacial score (nSPS) is 16.7. The Morgan fingerprint density at radius 3 is 2.96 bits per heavy atom. The summed E-state index contributed by atoms with van der Waals surface area (Å²) >= 11 is 3.46. The zero-order valence-electron chi connectivity index (χ0n) is 13.6. The Labute approximate surface area is 157 Å². The highest BCUT2D eigenvalue weighted by atomic mass is 79.9. The molecule has 1 aromatic carbocycles. The van der Waals surface area contributed by atoms with Crippen molar-refractivity contribution in [2.75, 3.05) is 19.6 Å². The molecule has 7 heteroatoms. The van der Waals surface area contributed by atoms with Crippen LogP contribution in [0, 0.1) is 0 Å². The highest BCUT2D eigenvalue weighted by molar-refractivity contribution is 9.10. The lowest BCUT2D eigenvalue weighted by Crippen LogP contribution is -2.42. The van der Waals surface area contributed by atoms with Gasteiger partial charge in [0.05, 0.1) is 5.69 Å². The molecular weight excluding hydrogens is 392 g/mol. The number of amides is 1. The zero-order chi connectivity index (χ0) is 16.2. The molecule has 0 spiro atoms. The quantitative estimate of drug-likeness (QED) is 0.818. The van der Waals surface area contributed by atoms with Crippen LogP contribution in [0.25, 0.3) is 5.69 Å². The summed E-state index contributed by atoms with van der Waals surface area (Å²) < 4.78 is 2.73. The first-order valence-corrected chi connectivity index (χ1v) is 8.81. The summed E-state index contributed by atoms with van der Waals surface area (Å²) in [5, 5.41) is 7.81. The Kier molecular flexibility index (Phi) is 6.83. The molecule has 1 saturated heterocycles. The highest BCUT2D eigenvalue weighted by Crippen LogP contribution is 2.17. The molecule has 5 nitrogen and oxygen atoms in total. The largest absolute Gasteiger partial charge is 0.333 e. The molecule has 3 rings (SSSR count). The molecule has 1 fully saturated rings. The zero-order valence-corrected chi connectivity index (χ0v) is 16.0. The van der Waals surface area contributed by atoms with E-state index in [1.807, 2.05) is 35.4 Å². The van der Waals surface area contributed by atoms with Crippen LogP contribution in [0.3, 0.4) is 0 Å². The predicted octanol–water partition coefficient (Wildman–Crippen LogP) is 3.27. The number of nitrogens with zero attached hydrogens (tertiary/aromatic N) is 3. The van der Waals surface area contributed by atoms with Crippen molar-refractivity contribution in [3.05, 3.63) is 46.7 Å². The molecule has 1 atom stereocenters. The molecule has 2 aromatic rings. The van der Waals surface area contributed by atoms with Crippen molar-refractivity contribution in [3.8, 4) is 5.69 Å². The van der Waals surface area contributed by atoms with Crippen molar-refractivity contribution in [1.82, 2.24) is 20.0 Å². The van der Waals surface area contributed by atoms with E-state index in [1.165, 1.54) is 0 Å². The molecule has 2 heterocycles. The third-order valence-corrected chi connectivity index (χ3v) is 4.57. The first kappa shape index (κ1) is 19.0. The van der Waals surface area contributed by atoms with E-state index in [9.17, 15) is 4.79 Å². The fourth-order valence-electron chi connectivity index (χ4n) is 2.94. The van der Waals surface area contributed by atoms with Crippen molar-refractivity contribution in [1.29, 1.82) is 0 Å². The third kappa shape index (κ3) is 4.18. The lowest BCUT2D eigenvalue weighted by atomic mass is 10.2. The monoisotopic (exact) mass is 412 g/mol. The average molecular weight is 414 g/mol. The second kappa shape index (κ2) is 8.65. The van der Waals surface area contributed by atoms with Crippen molar-refractivity contribution < 1.29 is 4.79 Å². The van der Waals surface area contributed by atoms with Gasteiger partial charge >= 0.3 is 0 Å². The SMILES string of the molecule is CCCN(C(=O)c1ccn(-c2cccc(Br)c2)n1)C1CCNC1.Cl. The molecule has 0 bridgehead atoms. The van der Waals surface area contributed by atoms with E-state index in [2.05, 4.69) is 33.3 Å². The van der Waals surface area contributed by atoms with E-state index in [0.29, 0.717) is 5.69 Å². The van der Waals surface area contributed by atoms with Gasteiger partial charge in [-0.3, -0.25) is 4.79 Å². The summed E-state index contributed by atoms with van der Waals surface area (Å²) in [6.45, 7) is 4.72. The molecule has 1 N–H and O–H groups in total. The molecule has 130 valence electrons. The summed E-state index contributed by atoms with van der Waals surface area (Å²) in [6.07, 6.45) is 3.80. The predicted molar refractivity (Wildman–Crippen MR) is 101 cm³/mol. The summed E-state index contributed by atoms with van der Waals surface area (Å²) in [5.41, 5.74) is 1.44. The van der Waals surface area contributed by atoms with Crippen LogP contribution in [0.5, 0.6) is 0 Å². The number of nitrogens with one attached hydrogen (secondary N) is 1. The van der Waals surface area contributed by atoms with Gasteiger partial charge in [0.1, 0.15) is 0 Å². The van der Waals surface area contributed by atoms with E-state index in [4.69, 9.17) is 0 Å². The van der Waals surface area contributed by atoms with Crippen molar-refractivity contribution in [3.63, 3.8) is 0 Å². The molecule has 1 aliphatic rings. The highest BCUT2D eigenvalue weighted by Gasteiger charge is 2.27. The number of rotatable bonds is 5. The maximum Gasteiger partial charge on any atom is 0.274 e. The van der Waals surface area contributed by atoms with Gasteiger partial charge in [0.25, 0.3) is 5.91 Å². The molecule has 0 radical (unpaired) electrons. The molecule has 1 aromatic heterocycles. The topological polar surface area (TPSA) is 50.2 Å². The Morgan fingerprint density at radius 1 is 1.46 bits per heavy atom. The maximum absolute atomic E-state index is 12.8. The lowest BCUT2D eigenvalue weighted by Gasteiger charge is -2.27. The maximum atomic E-state index is 12.8. The van der Waals surface area contributed by atoms with Gasteiger partial charge in [-0.15, -0.1) is 12.4 Å². The number of aromatic nitrogens is 2. The molecule has 0 aliphatic carbocycles. The van der Waals surface area contributed by atoms with Crippen LogP contribution in [0.15, 0.2) is 41.0 Å². The molecule has 1 unspecified atom stereocenters. The minimum atomic E-state index is 0. The van der Waals surface area contributed by atoms with Gasteiger partial charge in [-0.25, -0.2) is 4.68 Å². The summed E-state index contributed by atoms with van der Waals surface area (Å²) in [4.78, 5) is 14.8. The average Bonchev–Trinajstić information content (AvgIpc) is 3.23. The van der Waals surface area contributed by atoms with Crippen LogP contribution in [-0.4, -0.2) is 46.3 Å². The van der Waals surface area contributed by atoms with Gasteiger partial charge in [-0.2, -0.15) is 5.10 Å². The van der Waals surface area contributed by atoms with Gasteiger partial charge in [-0.05, 0) is 43.7 Å². The number of hydrogen-bond donors (Lipinski definition) is 1. The van der Waals surface area contributed by atoms with Gasteiger partial charge in [0.2, 0.25) is 0 Å². The minimum absolute atomic E-state index is 0. The summed E-state index contributed by atoms with van der Waals surface area (Å²) in [7, 11) is 0. The first-order chi connectivity index (χ1) is 11.2. The number of carbonyl (C=O) groups excluding carboxylic acids is 1. The Morgan fingerprint density at radius 2 is 2.29 bits per heavy atom. The van der Waals surface area contributed by atoms with Crippen LogP contribution in [0.1, 0.15) is 30.3 Å². The number of carbonyl (C=O) groups is 1. The van der Waals surface area contributed by atoms with Crippen LogP contribution in [0.2, 0.25) is 0 Å². The van der Waals surface area contributed by atoms with E-state index in [1.54, 1.807) is 10.7 Å². The lowest BCUT2D eigenvalue weighted by molar-refractivity contribution is 0.0685. The summed E-state index contributed by atoms with van der Waals surface area (Å²) in [5.74, 6) is 0.0225. The fourth-order valence-corrected chi connectivity index (χ4v) is 3.33. The van der Waals surface area contributed by atoms with E-state index in [0.717, 1.165) is 42.6 Å².